The molecule has 13 aromatic rings. The fraction of sp³-hybridized carbons (Fsp3) is 0.0390. The molecule has 79 heavy (non-hydrogen) atoms. The third-order valence-corrected chi connectivity index (χ3v) is 28.3. The average Bonchev–Trinajstić information content (AvgIpc) is 4.31. The molecule has 2 aliphatic heterocycles. The SMILES string of the molecule is CC1(C)c2ccccc2-c2cccc(-c3c4cccc(-c5cccc6c5[Si](c5ccccc5)(c5ccccc5)c5ccccc5-6)c4cc4c(-c5cccc6c5[Si](c5ccccc5)(c5ccccc5)c5ccccc5-6)cccc34)c21. The predicted molar refractivity (Wildman–Crippen MR) is 341 cm³/mol. The van der Waals surface area contributed by atoms with Gasteiger partial charge >= 0.3 is 0 Å². The maximum absolute atomic E-state index is 2.92. The van der Waals surface area contributed by atoms with Gasteiger partial charge in [0.1, 0.15) is 0 Å². The van der Waals surface area contributed by atoms with Gasteiger partial charge in [0.15, 0.2) is 16.1 Å². The van der Waals surface area contributed by atoms with Crippen LogP contribution in [0.4, 0.5) is 0 Å². The van der Waals surface area contributed by atoms with Crippen LogP contribution >= 0.6 is 0 Å². The van der Waals surface area contributed by atoms with Gasteiger partial charge in [-0.3, -0.25) is 0 Å². The Morgan fingerprint density at radius 1 is 0.241 bits per heavy atom. The van der Waals surface area contributed by atoms with Crippen LogP contribution < -0.4 is 41.5 Å². The highest BCUT2D eigenvalue weighted by Gasteiger charge is 2.52. The van der Waals surface area contributed by atoms with Crippen molar-refractivity contribution >= 4 is 79.2 Å². The first-order chi connectivity index (χ1) is 39.0. The quantitative estimate of drug-likeness (QED) is 0.110. The van der Waals surface area contributed by atoms with Gasteiger partial charge in [-0.05, 0) is 147 Å². The highest BCUT2D eigenvalue weighted by atomic mass is 28.3. The second kappa shape index (κ2) is 17.4. The van der Waals surface area contributed by atoms with Gasteiger partial charge in [-0.2, -0.15) is 0 Å². The summed E-state index contributed by atoms with van der Waals surface area (Å²) in [6.07, 6.45) is 0. The average molecular weight is 1040 g/mol. The molecule has 0 nitrogen and oxygen atoms in total. The van der Waals surface area contributed by atoms with E-state index in [-0.39, 0.29) is 5.41 Å². The molecule has 0 spiro atoms. The topological polar surface area (TPSA) is 0 Å². The molecule has 0 aromatic heterocycles. The lowest BCUT2D eigenvalue weighted by Crippen LogP contribution is -2.73. The number of hydrogen-bond acceptors (Lipinski definition) is 0. The van der Waals surface area contributed by atoms with Gasteiger partial charge in [0.25, 0.3) is 0 Å². The zero-order chi connectivity index (χ0) is 52.5. The second-order valence-corrected chi connectivity index (χ2v) is 29.8. The molecule has 2 heterocycles. The molecule has 0 amide bonds. The summed E-state index contributed by atoms with van der Waals surface area (Å²) < 4.78 is 0. The minimum absolute atomic E-state index is 0.239. The third kappa shape index (κ3) is 6.24. The second-order valence-electron chi connectivity index (χ2n) is 22.5. The largest absolute Gasteiger partial charge is 0.181 e. The Bertz CT molecular complexity index is 4290. The number of hydrogen-bond donors (Lipinski definition) is 0. The van der Waals surface area contributed by atoms with Gasteiger partial charge in [-0.25, -0.2) is 0 Å². The van der Waals surface area contributed by atoms with Gasteiger partial charge in [-0.1, -0.05) is 299 Å². The summed E-state index contributed by atoms with van der Waals surface area (Å²) in [5.41, 5.74) is 18.3. The van der Waals surface area contributed by atoms with Crippen LogP contribution in [0.2, 0.25) is 0 Å². The van der Waals surface area contributed by atoms with E-state index in [1.54, 1.807) is 0 Å². The molecule has 0 saturated carbocycles. The van der Waals surface area contributed by atoms with Crippen molar-refractivity contribution in [3.05, 3.63) is 302 Å². The molecule has 13 aromatic carbocycles. The van der Waals surface area contributed by atoms with E-state index in [9.17, 15) is 0 Å². The zero-order valence-corrected chi connectivity index (χ0v) is 46.2. The maximum Gasteiger partial charge on any atom is 0.181 e. The molecule has 16 rings (SSSR count). The van der Waals surface area contributed by atoms with E-state index in [1.807, 2.05) is 0 Å². The molecule has 0 atom stereocenters. The van der Waals surface area contributed by atoms with E-state index in [1.165, 1.54) is 141 Å². The minimum Gasteiger partial charge on any atom is -0.0623 e. The molecule has 2 heteroatoms. The highest BCUT2D eigenvalue weighted by Crippen LogP contribution is 2.55. The van der Waals surface area contributed by atoms with Crippen LogP contribution in [-0.4, -0.2) is 16.1 Å². The molecule has 0 saturated heterocycles. The Labute approximate surface area is 464 Å². The van der Waals surface area contributed by atoms with Crippen molar-refractivity contribution in [1.82, 2.24) is 0 Å². The van der Waals surface area contributed by atoms with Crippen molar-refractivity contribution in [1.29, 1.82) is 0 Å². The van der Waals surface area contributed by atoms with Crippen LogP contribution in [-0.2, 0) is 5.41 Å². The van der Waals surface area contributed by atoms with Crippen molar-refractivity contribution in [2.75, 3.05) is 0 Å². The Morgan fingerprint density at radius 2 is 0.557 bits per heavy atom. The van der Waals surface area contributed by atoms with Crippen LogP contribution in [0.5, 0.6) is 0 Å². The summed E-state index contributed by atoms with van der Waals surface area (Å²) in [6.45, 7) is 4.88. The summed E-state index contributed by atoms with van der Waals surface area (Å²) in [4.78, 5) is 0. The normalized spacial score (nSPS) is 14.5. The van der Waals surface area contributed by atoms with Crippen LogP contribution in [0.1, 0.15) is 25.0 Å². The Morgan fingerprint density at radius 3 is 1.00 bits per heavy atom. The van der Waals surface area contributed by atoms with E-state index < -0.39 is 16.1 Å². The lowest BCUT2D eigenvalue weighted by atomic mass is 9.77. The smallest absolute Gasteiger partial charge is 0.0623 e. The van der Waals surface area contributed by atoms with Crippen LogP contribution in [0.3, 0.4) is 0 Å². The van der Waals surface area contributed by atoms with Crippen LogP contribution in [0, 0.1) is 0 Å². The molecule has 1 aliphatic carbocycles. The monoisotopic (exact) mass is 1030 g/mol. The van der Waals surface area contributed by atoms with E-state index in [0.717, 1.165) is 0 Å². The highest BCUT2D eigenvalue weighted by molar-refractivity contribution is 7.23. The van der Waals surface area contributed by atoms with E-state index in [4.69, 9.17) is 0 Å². The van der Waals surface area contributed by atoms with Gasteiger partial charge in [0.2, 0.25) is 0 Å². The molecule has 0 radical (unpaired) electrons. The first kappa shape index (κ1) is 46.0. The zero-order valence-electron chi connectivity index (χ0n) is 44.2. The Balaban J connectivity index is 1.06. The third-order valence-electron chi connectivity index (χ3n) is 18.4. The lowest BCUT2D eigenvalue weighted by molar-refractivity contribution is 0.662. The molecule has 0 unspecified atom stereocenters. The molecular formula is C77H54Si2. The van der Waals surface area contributed by atoms with Crippen molar-refractivity contribution < 1.29 is 0 Å². The van der Waals surface area contributed by atoms with Gasteiger partial charge in [-0.15, -0.1) is 0 Å². The molecule has 0 bridgehead atoms. The Kier molecular flexibility index (Phi) is 10.1. The summed E-state index contributed by atoms with van der Waals surface area (Å²) in [7, 11) is -5.85. The number of rotatable bonds is 7. The summed E-state index contributed by atoms with van der Waals surface area (Å²) in [5.74, 6) is 0. The fourth-order valence-electron chi connectivity index (χ4n) is 15.4. The number of fused-ring (bicyclic) bond motifs is 11. The summed E-state index contributed by atoms with van der Waals surface area (Å²) in [6, 6.07) is 112. The van der Waals surface area contributed by atoms with Crippen molar-refractivity contribution in [2.45, 2.75) is 19.3 Å². The fourth-order valence-corrected chi connectivity index (χ4v) is 26.2. The number of benzene rings is 13. The summed E-state index contributed by atoms with van der Waals surface area (Å²) >= 11 is 0. The molecule has 3 aliphatic rings. The van der Waals surface area contributed by atoms with Crippen molar-refractivity contribution in [3.8, 4) is 66.8 Å². The Hall–Kier alpha value is -9.19. The van der Waals surface area contributed by atoms with Crippen LogP contribution in [0.15, 0.2) is 291 Å². The van der Waals surface area contributed by atoms with Gasteiger partial charge in [0, 0.05) is 5.41 Å². The summed E-state index contributed by atoms with van der Waals surface area (Å²) in [5, 5.41) is 16.5. The predicted octanol–water partition coefficient (Wildman–Crippen LogP) is 14.0. The molecule has 0 fully saturated rings. The van der Waals surface area contributed by atoms with Crippen molar-refractivity contribution in [2.24, 2.45) is 0 Å². The molecule has 370 valence electrons. The van der Waals surface area contributed by atoms with Crippen LogP contribution in [0.25, 0.3) is 88.3 Å². The van der Waals surface area contributed by atoms with E-state index in [0.29, 0.717) is 0 Å². The van der Waals surface area contributed by atoms with E-state index >= 15 is 0 Å². The first-order valence-electron chi connectivity index (χ1n) is 27.9. The molecular weight excluding hydrogens is 981 g/mol. The van der Waals surface area contributed by atoms with Crippen molar-refractivity contribution in [3.63, 3.8) is 0 Å². The first-order valence-corrected chi connectivity index (χ1v) is 31.9. The minimum atomic E-state index is -2.92. The standard InChI is InChI=1S/C77H54Si2/c1-77(2)70-47-18-15-34-57(70)62-41-23-46-67(74(62)77)73-60-39-21-37-55(63-42-24-44-65-58-35-16-19-48-71(58)78(75(63)65,51-26-7-3-8-27-51)52-28-9-4-10-29-52)68(60)50-69-56(38-22-40-61(69)73)64-43-25-45-66-59-36-17-20-49-72(59)79(76(64)66,53-30-11-5-12-31-53)54-32-13-6-14-33-54/h3-50H,1-2H3. The van der Waals surface area contributed by atoms with E-state index in [2.05, 4.69) is 305 Å². The lowest BCUT2D eigenvalue weighted by Gasteiger charge is -2.33. The maximum atomic E-state index is 2.60. The van der Waals surface area contributed by atoms with Gasteiger partial charge < -0.3 is 0 Å². The van der Waals surface area contributed by atoms with Gasteiger partial charge in [0.05, 0.1) is 0 Å². The molecule has 0 N–H and O–H groups in total.